The van der Waals surface area contributed by atoms with Crippen LogP contribution in [0.1, 0.15) is 18.9 Å². The van der Waals surface area contributed by atoms with Crippen LogP contribution in [0.4, 0.5) is 4.39 Å². The first-order chi connectivity index (χ1) is 9.01. The molecule has 1 aromatic carbocycles. The molecule has 1 aliphatic heterocycles. The number of hydrogen-bond donors (Lipinski definition) is 1. The van der Waals surface area contributed by atoms with E-state index in [1.54, 1.807) is 6.07 Å². The molecule has 1 unspecified atom stereocenters. The molecule has 19 heavy (non-hydrogen) atoms. The molecule has 0 spiro atoms. The Labute approximate surface area is 115 Å². The molecular formula is C13H14ClFN2O2. The Balaban J connectivity index is 2.14. The number of carbonyl (C=O) groups is 2. The van der Waals surface area contributed by atoms with E-state index in [1.807, 2.05) is 6.92 Å². The average molecular weight is 285 g/mol. The molecule has 0 bridgehead atoms. The summed E-state index contributed by atoms with van der Waals surface area (Å²) in [5.74, 6) is -0.804. The normalized spacial score (nSPS) is 19.5. The van der Waals surface area contributed by atoms with Crippen molar-refractivity contribution in [2.45, 2.75) is 25.9 Å². The molecule has 1 N–H and O–H groups in total. The predicted octanol–water partition coefficient (Wildman–Crippen LogP) is 1.72. The Bertz CT molecular complexity index is 521. The first-order valence-corrected chi connectivity index (χ1v) is 6.41. The van der Waals surface area contributed by atoms with Gasteiger partial charge in [0.05, 0.1) is 11.6 Å². The number of rotatable bonds is 3. The van der Waals surface area contributed by atoms with Gasteiger partial charge in [-0.1, -0.05) is 24.6 Å². The highest BCUT2D eigenvalue weighted by molar-refractivity contribution is 6.30. The Morgan fingerprint density at radius 1 is 1.47 bits per heavy atom. The van der Waals surface area contributed by atoms with Crippen LogP contribution in [-0.4, -0.2) is 29.3 Å². The molecule has 0 aromatic heterocycles. The highest BCUT2D eigenvalue weighted by Gasteiger charge is 2.31. The van der Waals surface area contributed by atoms with Gasteiger partial charge in [0, 0.05) is 6.54 Å². The van der Waals surface area contributed by atoms with Crippen LogP contribution in [0.5, 0.6) is 0 Å². The van der Waals surface area contributed by atoms with E-state index in [0.717, 1.165) is 0 Å². The van der Waals surface area contributed by atoms with Crippen molar-refractivity contribution in [3.05, 3.63) is 34.6 Å². The van der Waals surface area contributed by atoms with E-state index < -0.39 is 11.9 Å². The Hall–Kier alpha value is -1.62. The maximum absolute atomic E-state index is 13.1. The average Bonchev–Trinajstić information content (AvgIpc) is 2.37. The molecule has 102 valence electrons. The topological polar surface area (TPSA) is 49.4 Å². The fourth-order valence-electron chi connectivity index (χ4n) is 2.04. The van der Waals surface area contributed by atoms with Crippen LogP contribution in [0.15, 0.2) is 18.2 Å². The lowest BCUT2D eigenvalue weighted by Crippen LogP contribution is -2.57. The number of benzene rings is 1. The predicted molar refractivity (Wildman–Crippen MR) is 69.0 cm³/mol. The van der Waals surface area contributed by atoms with E-state index in [9.17, 15) is 14.0 Å². The van der Waals surface area contributed by atoms with E-state index in [2.05, 4.69) is 5.32 Å². The SMILES string of the molecule is CCC1NC(=O)CN(Cc2ccc(F)c(Cl)c2)C1=O. The van der Waals surface area contributed by atoms with Gasteiger partial charge in [-0.2, -0.15) is 0 Å². The molecule has 0 aliphatic carbocycles. The number of carbonyl (C=O) groups excluding carboxylic acids is 2. The number of nitrogens with one attached hydrogen (secondary N) is 1. The van der Waals surface area contributed by atoms with Crippen molar-refractivity contribution in [2.75, 3.05) is 6.54 Å². The van der Waals surface area contributed by atoms with Crippen molar-refractivity contribution in [2.24, 2.45) is 0 Å². The van der Waals surface area contributed by atoms with Crippen molar-refractivity contribution < 1.29 is 14.0 Å². The Morgan fingerprint density at radius 2 is 2.21 bits per heavy atom. The minimum absolute atomic E-state index is 0.0125. The van der Waals surface area contributed by atoms with Gasteiger partial charge < -0.3 is 10.2 Å². The largest absolute Gasteiger partial charge is 0.343 e. The molecule has 2 amide bonds. The summed E-state index contributed by atoms with van der Waals surface area (Å²) >= 11 is 5.69. The van der Waals surface area contributed by atoms with Gasteiger partial charge in [-0.25, -0.2) is 4.39 Å². The van der Waals surface area contributed by atoms with Crippen LogP contribution < -0.4 is 5.32 Å². The summed E-state index contributed by atoms with van der Waals surface area (Å²) in [7, 11) is 0. The zero-order valence-corrected chi connectivity index (χ0v) is 11.2. The summed E-state index contributed by atoms with van der Waals surface area (Å²) in [5, 5.41) is 2.65. The van der Waals surface area contributed by atoms with Gasteiger partial charge in [0.2, 0.25) is 11.8 Å². The Kier molecular flexibility index (Phi) is 4.04. The second-order valence-corrected chi connectivity index (χ2v) is 4.88. The molecule has 6 heteroatoms. The van der Waals surface area contributed by atoms with E-state index in [1.165, 1.54) is 17.0 Å². The van der Waals surface area contributed by atoms with Gasteiger partial charge >= 0.3 is 0 Å². The molecule has 2 rings (SSSR count). The van der Waals surface area contributed by atoms with E-state index >= 15 is 0 Å². The molecule has 1 fully saturated rings. The van der Waals surface area contributed by atoms with Gasteiger partial charge in [-0.15, -0.1) is 0 Å². The standard InChI is InChI=1S/C13H14ClFN2O2/c1-2-11-13(19)17(7-12(18)16-11)6-8-3-4-10(15)9(14)5-8/h3-5,11H,2,6-7H2,1H3,(H,16,18). The third kappa shape index (κ3) is 3.04. The molecule has 0 saturated carbocycles. The van der Waals surface area contributed by atoms with Crippen molar-refractivity contribution in [1.82, 2.24) is 10.2 Å². The maximum Gasteiger partial charge on any atom is 0.245 e. The summed E-state index contributed by atoms with van der Waals surface area (Å²) in [6.45, 7) is 2.11. The third-order valence-corrected chi connectivity index (χ3v) is 3.33. The lowest BCUT2D eigenvalue weighted by atomic mass is 10.1. The van der Waals surface area contributed by atoms with Crippen molar-refractivity contribution in [1.29, 1.82) is 0 Å². The second kappa shape index (κ2) is 5.57. The van der Waals surface area contributed by atoms with Crippen molar-refractivity contribution in [3.63, 3.8) is 0 Å². The van der Waals surface area contributed by atoms with Gasteiger partial charge in [0.25, 0.3) is 0 Å². The van der Waals surface area contributed by atoms with Crippen LogP contribution in [0, 0.1) is 5.82 Å². The van der Waals surface area contributed by atoms with Crippen LogP contribution in [0.2, 0.25) is 5.02 Å². The fraction of sp³-hybridized carbons (Fsp3) is 0.385. The summed E-state index contributed by atoms with van der Waals surface area (Å²) < 4.78 is 13.1. The molecule has 1 atom stereocenters. The molecule has 0 radical (unpaired) electrons. The molecule has 4 nitrogen and oxygen atoms in total. The van der Waals surface area contributed by atoms with Gasteiger partial charge in [-0.05, 0) is 24.1 Å². The smallest absolute Gasteiger partial charge is 0.245 e. The summed E-state index contributed by atoms with van der Waals surface area (Å²) in [5.41, 5.74) is 0.698. The Morgan fingerprint density at radius 3 is 2.84 bits per heavy atom. The summed E-state index contributed by atoms with van der Waals surface area (Å²) in [6.07, 6.45) is 0.547. The highest BCUT2D eigenvalue weighted by atomic mass is 35.5. The van der Waals surface area contributed by atoms with E-state index in [-0.39, 0.29) is 29.9 Å². The number of amides is 2. The molecule has 1 aromatic rings. The van der Waals surface area contributed by atoms with Crippen LogP contribution in [-0.2, 0) is 16.1 Å². The van der Waals surface area contributed by atoms with E-state index in [0.29, 0.717) is 12.0 Å². The second-order valence-electron chi connectivity index (χ2n) is 4.47. The van der Waals surface area contributed by atoms with Crippen molar-refractivity contribution >= 4 is 23.4 Å². The third-order valence-electron chi connectivity index (χ3n) is 3.05. The number of nitrogens with zero attached hydrogens (tertiary/aromatic N) is 1. The monoisotopic (exact) mass is 284 g/mol. The number of hydrogen-bond acceptors (Lipinski definition) is 2. The number of halogens is 2. The van der Waals surface area contributed by atoms with Crippen LogP contribution in [0.25, 0.3) is 0 Å². The minimum Gasteiger partial charge on any atom is -0.343 e. The van der Waals surface area contributed by atoms with Gasteiger partial charge in [0.15, 0.2) is 0 Å². The quantitative estimate of drug-likeness (QED) is 0.919. The van der Waals surface area contributed by atoms with Crippen LogP contribution >= 0.6 is 11.6 Å². The zero-order chi connectivity index (χ0) is 14.0. The molecular weight excluding hydrogens is 271 g/mol. The van der Waals surface area contributed by atoms with E-state index in [4.69, 9.17) is 11.6 Å². The minimum atomic E-state index is -0.500. The number of piperazine rings is 1. The zero-order valence-electron chi connectivity index (χ0n) is 10.5. The van der Waals surface area contributed by atoms with Crippen molar-refractivity contribution in [3.8, 4) is 0 Å². The highest BCUT2D eigenvalue weighted by Crippen LogP contribution is 2.18. The summed E-state index contributed by atoms with van der Waals surface area (Å²) in [6, 6.07) is 3.81. The first-order valence-electron chi connectivity index (χ1n) is 6.03. The van der Waals surface area contributed by atoms with Gasteiger partial charge in [0.1, 0.15) is 11.9 Å². The maximum atomic E-state index is 13.1. The molecule has 1 saturated heterocycles. The lowest BCUT2D eigenvalue weighted by Gasteiger charge is -2.32. The van der Waals surface area contributed by atoms with Gasteiger partial charge in [-0.3, -0.25) is 9.59 Å². The summed E-state index contributed by atoms with van der Waals surface area (Å²) in [4.78, 5) is 25.0. The fourth-order valence-corrected chi connectivity index (χ4v) is 2.25. The molecule has 1 aliphatic rings. The lowest BCUT2D eigenvalue weighted by molar-refractivity contribution is -0.144. The molecule has 1 heterocycles. The van der Waals surface area contributed by atoms with Crippen LogP contribution in [0.3, 0.4) is 0 Å². The first kappa shape index (κ1) is 13.8.